The van der Waals surface area contributed by atoms with Gasteiger partial charge in [-0.05, 0) is 25.8 Å². The zero-order valence-electron chi connectivity index (χ0n) is 7.84. The molecule has 0 spiro atoms. The molecule has 0 aliphatic carbocycles. The molecule has 1 unspecified atom stereocenters. The third-order valence-electron chi connectivity index (χ3n) is 2.48. The largest absolute Gasteiger partial charge is 0.395 e. The summed E-state index contributed by atoms with van der Waals surface area (Å²) in [6, 6.07) is 0.853. The van der Waals surface area contributed by atoms with Gasteiger partial charge in [-0.1, -0.05) is 6.92 Å². The van der Waals surface area contributed by atoms with Crippen LogP contribution in [0.1, 0.15) is 26.2 Å². The Kier molecular flexibility index (Phi) is 4.58. The molecule has 0 aromatic carbocycles. The van der Waals surface area contributed by atoms with Crippen LogP contribution in [0.25, 0.3) is 0 Å². The van der Waals surface area contributed by atoms with Gasteiger partial charge in [-0.3, -0.25) is 0 Å². The lowest BCUT2D eigenvalue weighted by Crippen LogP contribution is -2.48. The van der Waals surface area contributed by atoms with Crippen molar-refractivity contribution in [3.8, 4) is 0 Å². The van der Waals surface area contributed by atoms with E-state index in [1.807, 2.05) is 0 Å². The average molecular weight is 172 g/mol. The first-order valence-corrected chi connectivity index (χ1v) is 4.94. The maximum absolute atomic E-state index is 8.97. The van der Waals surface area contributed by atoms with Gasteiger partial charge in [-0.15, -0.1) is 0 Å². The van der Waals surface area contributed by atoms with Crippen LogP contribution in [0.3, 0.4) is 0 Å². The lowest BCUT2D eigenvalue weighted by atomic mass is 10.1. The molecular formula is C9H20N2O. The van der Waals surface area contributed by atoms with Gasteiger partial charge < -0.3 is 15.7 Å². The normalized spacial score (nSPS) is 27.0. The van der Waals surface area contributed by atoms with E-state index in [-0.39, 0.29) is 12.6 Å². The van der Waals surface area contributed by atoms with Gasteiger partial charge in [0, 0.05) is 18.6 Å². The minimum Gasteiger partial charge on any atom is -0.395 e. The van der Waals surface area contributed by atoms with Gasteiger partial charge >= 0.3 is 0 Å². The molecule has 0 amide bonds. The van der Waals surface area contributed by atoms with Crippen LogP contribution in [0, 0.1) is 0 Å². The predicted octanol–water partition coefficient (Wildman–Crippen LogP) is 0.0989. The van der Waals surface area contributed by atoms with Crippen LogP contribution in [-0.4, -0.2) is 36.9 Å². The SMILES string of the molecule is CC[C@H](CO)NC1CCCNC1. The Morgan fingerprint density at radius 3 is 3.00 bits per heavy atom. The van der Waals surface area contributed by atoms with Crippen LogP contribution >= 0.6 is 0 Å². The van der Waals surface area contributed by atoms with Crippen LogP contribution < -0.4 is 10.6 Å². The molecule has 3 N–H and O–H groups in total. The molecule has 0 aromatic rings. The molecule has 0 saturated carbocycles. The van der Waals surface area contributed by atoms with E-state index in [4.69, 9.17) is 5.11 Å². The van der Waals surface area contributed by atoms with Crippen molar-refractivity contribution in [3.05, 3.63) is 0 Å². The molecule has 0 radical (unpaired) electrons. The highest BCUT2D eigenvalue weighted by atomic mass is 16.3. The maximum Gasteiger partial charge on any atom is 0.0584 e. The highest BCUT2D eigenvalue weighted by Crippen LogP contribution is 2.03. The maximum atomic E-state index is 8.97. The average Bonchev–Trinajstić information content (AvgIpc) is 2.16. The second-order valence-corrected chi connectivity index (χ2v) is 3.50. The summed E-state index contributed by atoms with van der Waals surface area (Å²) in [7, 11) is 0. The molecule has 1 rings (SSSR count). The Labute approximate surface area is 74.5 Å². The Bertz CT molecular complexity index is 109. The van der Waals surface area contributed by atoms with Gasteiger partial charge in [0.1, 0.15) is 0 Å². The number of nitrogens with one attached hydrogen (secondary N) is 2. The first-order valence-electron chi connectivity index (χ1n) is 4.94. The van der Waals surface area contributed by atoms with E-state index in [0.717, 1.165) is 19.5 Å². The number of hydrogen-bond acceptors (Lipinski definition) is 3. The van der Waals surface area contributed by atoms with Crippen LogP contribution in [0.15, 0.2) is 0 Å². The van der Waals surface area contributed by atoms with Gasteiger partial charge in [0.15, 0.2) is 0 Å². The van der Waals surface area contributed by atoms with E-state index in [2.05, 4.69) is 17.6 Å². The number of piperidine rings is 1. The molecule has 1 aliphatic rings. The smallest absolute Gasteiger partial charge is 0.0584 e. The monoisotopic (exact) mass is 172 g/mol. The van der Waals surface area contributed by atoms with Gasteiger partial charge in [-0.2, -0.15) is 0 Å². The Morgan fingerprint density at radius 1 is 1.67 bits per heavy atom. The third-order valence-corrected chi connectivity index (χ3v) is 2.48. The van der Waals surface area contributed by atoms with Crippen LogP contribution in [-0.2, 0) is 0 Å². The zero-order chi connectivity index (χ0) is 8.81. The van der Waals surface area contributed by atoms with Crippen LogP contribution in [0.2, 0.25) is 0 Å². The van der Waals surface area contributed by atoms with Crippen molar-refractivity contribution in [1.82, 2.24) is 10.6 Å². The Hall–Kier alpha value is -0.120. The van der Waals surface area contributed by atoms with Crippen molar-refractivity contribution >= 4 is 0 Å². The van der Waals surface area contributed by atoms with Gasteiger partial charge in [0.25, 0.3) is 0 Å². The number of aliphatic hydroxyl groups is 1. The standard InChI is InChI=1S/C9H20N2O/c1-2-8(7-12)11-9-4-3-5-10-6-9/h8-12H,2-7H2,1H3/t8-,9?/m1/s1. The third kappa shape index (κ3) is 3.09. The Morgan fingerprint density at radius 2 is 2.50 bits per heavy atom. The van der Waals surface area contributed by atoms with Crippen molar-refractivity contribution in [2.75, 3.05) is 19.7 Å². The number of rotatable bonds is 4. The summed E-state index contributed by atoms with van der Waals surface area (Å²) in [5, 5.41) is 15.8. The van der Waals surface area contributed by atoms with E-state index in [0.29, 0.717) is 6.04 Å². The first-order chi connectivity index (χ1) is 5.86. The van der Waals surface area contributed by atoms with Crippen LogP contribution in [0.4, 0.5) is 0 Å². The number of aliphatic hydroxyl groups excluding tert-OH is 1. The first kappa shape index (κ1) is 9.96. The molecule has 3 heteroatoms. The second kappa shape index (κ2) is 5.51. The quantitative estimate of drug-likeness (QED) is 0.563. The summed E-state index contributed by atoms with van der Waals surface area (Å²) in [6.45, 7) is 4.56. The zero-order valence-corrected chi connectivity index (χ0v) is 7.84. The van der Waals surface area contributed by atoms with Gasteiger partial charge in [0.2, 0.25) is 0 Å². The van der Waals surface area contributed by atoms with Crippen LogP contribution in [0.5, 0.6) is 0 Å². The minimum absolute atomic E-state index is 0.257. The van der Waals surface area contributed by atoms with E-state index >= 15 is 0 Å². The molecule has 12 heavy (non-hydrogen) atoms. The topological polar surface area (TPSA) is 44.3 Å². The summed E-state index contributed by atoms with van der Waals surface area (Å²) in [4.78, 5) is 0. The fraction of sp³-hybridized carbons (Fsp3) is 1.00. The van der Waals surface area contributed by atoms with Gasteiger partial charge in [0.05, 0.1) is 6.61 Å². The molecule has 1 saturated heterocycles. The van der Waals surface area contributed by atoms with Crippen molar-refractivity contribution in [2.45, 2.75) is 38.3 Å². The number of hydrogen-bond donors (Lipinski definition) is 3. The van der Waals surface area contributed by atoms with Crippen molar-refractivity contribution in [3.63, 3.8) is 0 Å². The summed E-state index contributed by atoms with van der Waals surface area (Å²) >= 11 is 0. The van der Waals surface area contributed by atoms with E-state index < -0.39 is 0 Å². The van der Waals surface area contributed by atoms with Crippen molar-refractivity contribution < 1.29 is 5.11 Å². The summed E-state index contributed by atoms with van der Waals surface area (Å²) < 4.78 is 0. The van der Waals surface area contributed by atoms with E-state index in [1.54, 1.807) is 0 Å². The van der Waals surface area contributed by atoms with E-state index in [9.17, 15) is 0 Å². The lowest BCUT2D eigenvalue weighted by Gasteiger charge is -2.27. The minimum atomic E-state index is 0.257. The summed E-state index contributed by atoms with van der Waals surface area (Å²) in [5.41, 5.74) is 0. The molecule has 1 fully saturated rings. The molecule has 1 heterocycles. The molecule has 0 bridgehead atoms. The summed E-state index contributed by atoms with van der Waals surface area (Å²) in [5.74, 6) is 0. The lowest BCUT2D eigenvalue weighted by molar-refractivity contribution is 0.218. The molecule has 3 nitrogen and oxygen atoms in total. The van der Waals surface area contributed by atoms with Crippen molar-refractivity contribution in [2.24, 2.45) is 0 Å². The highest BCUT2D eigenvalue weighted by Gasteiger charge is 2.15. The molecule has 0 aromatic heterocycles. The fourth-order valence-corrected chi connectivity index (χ4v) is 1.63. The van der Waals surface area contributed by atoms with E-state index in [1.165, 1.54) is 12.8 Å². The molecular weight excluding hydrogens is 152 g/mol. The molecule has 72 valence electrons. The second-order valence-electron chi connectivity index (χ2n) is 3.50. The summed E-state index contributed by atoms with van der Waals surface area (Å²) in [6.07, 6.45) is 3.50. The fourth-order valence-electron chi connectivity index (χ4n) is 1.63. The molecule has 2 atom stereocenters. The molecule has 1 aliphatic heterocycles. The Balaban J connectivity index is 2.18. The predicted molar refractivity (Wildman–Crippen MR) is 50.2 cm³/mol. The van der Waals surface area contributed by atoms with Crippen molar-refractivity contribution in [1.29, 1.82) is 0 Å². The highest BCUT2D eigenvalue weighted by molar-refractivity contribution is 4.78. The van der Waals surface area contributed by atoms with Gasteiger partial charge in [-0.25, -0.2) is 0 Å².